The number of nitrogens with one attached hydrogen (secondary N) is 1. The van der Waals surface area contributed by atoms with E-state index in [1.54, 1.807) is 21.9 Å². The Labute approximate surface area is 129 Å². The maximum atomic E-state index is 12.2. The number of benzene rings is 1. The van der Waals surface area contributed by atoms with E-state index in [9.17, 15) is 4.79 Å². The van der Waals surface area contributed by atoms with Crippen LogP contribution in [0, 0.1) is 5.41 Å². The van der Waals surface area contributed by atoms with Gasteiger partial charge in [-0.3, -0.25) is 10.2 Å². The third kappa shape index (κ3) is 4.35. The molecule has 8 heteroatoms. The van der Waals surface area contributed by atoms with Gasteiger partial charge in [0.05, 0.1) is 0 Å². The first-order valence-electron chi connectivity index (χ1n) is 6.35. The van der Waals surface area contributed by atoms with Crippen molar-refractivity contribution in [1.29, 1.82) is 5.41 Å². The summed E-state index contributed by atoms with van der Waals surface area (Å²) in [5.41, 5.74) is 11.2. The van der Waals surface area contributed by atoms with Crippen LogP contribution in [0.5, 0.6) is 0 Å². The Morgan fingerprint density at radius 3 is 2.10 bits per heavy atom. The summed E-state index contributed by atoms with van der Waals surface area (Å²) >= 11 is 0. The zero-order chi connectivity index (χ0) is 14.5. The number of aliphatic imine (C=N–C) groups is 1. The van der Waals surface area contributed by atoms with Crippen molar-refractivity contribution < 1.29 is 4.79 Å². The molecule has 1 aliphatic heterocycles. The molecule has 7 nitrogen and oxygen atoms in total. The molecule has 2 rings (SSSR count). The number of hydrogen-bond acceptors (Lipinski definition) is 2. The van der Waals surface area contributed by atoms with Crippen LogP contribution < -0.4 is 11.5 Å². The molecule has 1 aromatic rings. The summed E-state index contributed by atoms with van der Waals surface area (Å²) in [6.45, 7) is 2.20. The van der Waals surface area contributed by atoms with E-state index in [2.05, 4.69) is 4.99 Å². The minimum absolute atomic E-state index is 0. The van der Waals surface area contributed by atoms with E-state index >= 15 is 0 Å². The van der Waals surface area contributed by atoms with E-state index in [4.69, 9.17) is 16.9 Å². The van der Waals surface area contributed by atoms with Gasteiger partial charge in [-0.25, -0.2) is 0 Å². The van der Waals surface area contributed by atoms with Crippen LogP contribution in [0.3, 0.4) is 0 Å². The molecule has 1 saturated heterocycles. The first kappa shape index (κ1) is 16.8. The Bertz CT molecular complexity index is 521. The molecule has 0 spiro atoms. The Morgan fingerprint density at radius 1 is 1.05 bits per heavy atom. The molecule has 1 aromatic carbocycles. The van der Waals surface area contributed by atoms with Crippen molar-refractivity contribution in [3.8, 4) is 0 Å². The number of amides is 1. The number of carbonyl (C=O) groups is 1. The van der Waals surface area contributed by atoms with Crippen molar-refractivity contribution in [3.63, 3.8) is 0 Å². The molecule has 21 heavy (non-hydrogen) atoms. The summed E-state index contributed by atoms with van der Waals surface area (Å²) in [6, 6.07) is 9.17. The number of guanidine groups is 2. The smallest absolute Gasteiger partial charge is 0.253 e. The van der Waals surface area contributed by atoms with Gasteiger partial charge in [-0.2, -0.15) is 4.99 Å². The summed E-state index contributed by atoms with van der Waals surface area (Å²) in [5, 5.41) is 7.73. The SMILES string of the molecule is Cl.N=C(N=C(N)N)N1CCN(C(=O)c2ccccc2)CC1. The van der Waals surface area contributed by atoms with Gasteiger partial charge in [0.2, 0.25) is 5.96 Å². The molecule has 1 aliphatic rings. The second kappa shape index (κ2) is 7.49. The van der Waals surface area contributed by atoms with Crippen LogP contribution in [0.2, 0.25) is 0 Å². The van der Waals surface area contributed by atoms with Gasteiger partial charge in [0.25, 0.3) is 5.91 Å². The minimum Gasteiger partial charge on any atom is -0.370 e. The highest BCUT2D eigenvalue weighted by atomic mass is 35.5. The fourth-order valence-corrected chi connectivity index (χ4v) is 2.08. The molecule has 0 radical (unpaired) electrons. The van der Waals surface area contributed by atoms with Crippen LogP contribution >= 0.6 is 12.4 Å². The van der Waals surface area contributed by atoms with Crippen LogP contribution in [0.15, 0.2) is 35.3 Å². The standard InChI is InChI=1S/C13H18N6O.ClH/c14-12(15)17-13(16)19-8-6-18(7-9-19)11(20)10-4-2-1-3-5-10;/h1-5H,6-9H2,(H5,14,15,16,17);1H. The van der Waals surface area contributed by atoms with Crippen LogP contribution in [-0.4, -0.2) is 53.8 Å². The van der Waals surface area contributed by atoms with Crippen molar-refractivity contribution in [1.82, 2.24) is 9.80 Å². The van der Waals surface area contributed by atoms with E-state index in [1.165, 1.54) is 0 Å². The quantitative estimate of drug-likeness (QED) is 0.503. The average Bonchev–Trinajstić information content (AvgIpc) is 2.47. The van der Waals surface area contributed by atoms with E-state index in [-0.39, 0.29) is 30.2 Å². The molecule has 0 aromatic heterocycles. The summed E-state index contributed by atoms with van der Waals surface area (Å²) in [4.78, 5) is 19.5. The zero-order valence-corrected chi connectivity index (χ0v) is 12.3. The fourth-order valence-electron chi connectivity index (χ4n) is 2.08. The first-order chi connectivity index (χ1) is 9.58. The number of hydrogen-bond donors (Lipinski definition) is 3. The number of carbonyl (C=O) groups excluding carboxylic acids is 1. The van der Waals surface area contributed by atoms with Gasteiger partial charge in [0, 0.05) is 31.7 Å². The van der Waals surface area contributed by atoms with Crippen LogP contribution in [0.1, 0.15) is 10.4 Å². The highest BCUT2D eigenvalue weighted by molar-refractivity contribution is 5.94. The molecule has 0 aliphatic carbocycles. The van der Waals surface area contributed by atoms with Crippen molar-refractivity contribution in [3.05, 3.63) is 35.9 Å². The lowest BCUT2D eigenvalue weighted by Crippen LogP contribution is -2.50. The number of halogens is 1. The van der Waals surface area contributed by atoms with Crippen LogP contribution in [0.25, 0.3) is 0 Å². The Hall–Kier alpha value is -2.28. The average molecular weight is 311 g/mol. The van der Waals surface area contributed by atoms with Gasteiger partial charge >= 0.3 is 0 Å². The molecule has 1 heterocycles. The summed E-state index contributed by atoms with van der Waals surface area (Å²) in [5.74, 6) is -0.0757. The van der Waals surface area contributed by atoms with Gasteiger partial charge in [0.1, 0.15) is 0 Å². The lowest BCUT2D eigenvalue weighted by atomic mass is 10.2. The third-order valence-corrected chi connectivity index (χ3v) is 3.12. The first-order valence-corrected chi connectivity index (χ1v) is 6.35. The fraction of sp³-hybridized carbons (Fsp3) is 0.308. The molecular weight excluding hydrogens is 292 g/mol. The Kier molecular flexibility index (Phi) is 5.98. The zero-order valence-electron chi connectivity index (χ0n) is 11.5. The highest BCUT2D eigenvalue weighted by Crippen LogP contribution is 2.09. The van der Waals surface area contributed by atoms with Crippen molar-refractivity contribution in [2.24, 2.45) is 16.5 Å². The normalized spacial score (nSPS) is 14.1. The minimum atomic E-state index is -0.127. The largest absolute Gasteiger partial charge is 0.370 e. The van der Waals surface area contributed by atoms with E-state index in [1.807, 2.05) is 18.2 Å². The lowest BCUT2D eigenvalue weighted by Gasteiger charge is -2.34. The molecular formula is C13H19ClN6O. The monoisotopic (exact) mass is 310 g/mol. The van der Waals surface area contributed by atoms with E-state index in [0.717, 1.165) is 0 Å². The van der Waals surface area contributed by atoms with Crippen LogP contribution in [0.4, 0.5) is 0 Å². The Morgan fingerprint density at radius 2 is 1.57 bits per heavy atom. The molecule has 0 unspecified atom stereocenters. The molecule has 5 N–H and O–H groups in total. The second-order valence-electron chi connectivity index (χ2n) is 4.51. The van der Waals surface area contributed by atoms with Gasteiger partial charge in [-0.15, -0.1) is 12.4 Å². The van der Waals surface area contributed by atoms with Crippen LogP contribution in [-0.2, 0) is 0 Å². The molecule has 0 saturated carbocycles. The Balaban J connectivity index is 0.00000220. The number of piperazine rings is 1. The van der Waals surface area contributed by atoms with Gasteiger partial charge < -0.3 is 21.3 Å². The number of nitrogens with zero attached hydrogens (tertiary/aromatic N) is 3. The maximum Gasteiger partial charge on any atom is 0.253 e. The predicted octanol–water partition coefficient (Wildman–Crippen LogP) is 0.0744. The van der Waals surface area contributed by atoms with E-state index < -0.39 is 0 Å². The molecule has 0 bridgehead atoms. The topological polar surface area (TPSA) is 112 Å². The second-order valence-corrected chi connectivity index (χ2v) is 4.51. The molecule has 1 amide bonds. The number of nitrogens with two attached hydrogens (primary N) is 2. The highest BCUT2D eigenvalue weighted by Gasteiger charge is 2.23. The maximum absolute atomic E-state index is 12.2. The lowest BCUT2D eigenvalue weighted by molar-refractivity contribution is 0.0690. The summed E-state index contributed by atoms with van der Waals surface area (Å²) in [7, 11) is 0. The van der Waals surface area contributed by atoms with E-state index in [0.29, 0.717) is 31.7 Å². The molecule has 114 valence electrons. The van der Waals surface area contributed by atoms with Crippen molar-refractivity contribution in [2.75, 3.05) is 26.2 Å². The predicted molar refractivity (Wildman–Crippen MR) is 84.7 cm³/mol. The third-order valence-electron chi connectivity index (χ3n) is 3.12. The summed E-state index contributed by atoms with van der Waals surface area (Å²) in [6.07, 6.45) is 0. The summed E-state index contributed by atoms with van der Waals surface area (Å²) < 4.78 is 0. The van der Waals surface area contributed by atoms with Crippen molar-refractivity contribution in [2.45, 2.75) is 0 Å². The van der Waals surface area contributed by atoms with Crippen molar-refractivity contribution >= 4 is 30.2 Å². The molecule has 1 fully saturated rings. The van der Waals surface area contributed by atoms with Gasteiger partial charge in [0.15, 0.2) is 5.96 Å². The molecule has 0 atom stereocenters. The van der Waals surface area contributed by atoms with Gasteiger partial charge in [-0.1, -0.05) is 18.2 Å². The number of rotatable bonds is 1. The van der Waals surface area contributed by atoms with Gasteiger partial charge in [-0.05, 0) is 12.1 Å².